The molecule has 0 radical (unpaired) electrons. The van der Waals surface area contributed by atoms with E-state index < -0.39 is 0 Å². The minimum absolute atomic E-state index is 0.282. The van der Waals surface area contributed by atoms with Crippen molar-refractivity contribution in [2.24, 2.45) is 0 Å². The molecule has 0 atom stereocenters. The Morgan fingerprint density at radius 3 is 2.61 bits per heavy atom. The molecule has 0 aromatic heterocycles. The van der Waals surface area contributed by atoms with Gasteiger partial charge in [0.25, 0.3) is 5.91 Å². The minimum Gasteiger partial charge on any atom is -0.493 e. The number of hydrogen-bond donors (Lipinski definition) is 1. The highest BCUT2D eigenvalue weighted by Gasteiger charge is 2.15. The molecule has 4 nitrogen and oxygen atoms in total. The predicted octanol–water partition coefficient (Wildman–Crippen LogP) is 3.47. The molecule has 0 unspecified atom stereocenters. The molecule has 1 N–H and O–H groups in total. The van der Waals surface area contributed by atoms with Crippen LogP contribution in [0.15, 0.2) is 36.4 Å². The van der Waals surface area contributed by atoms with Crippen molar-refractivity contribution < 1.29 is 18.7 Å². The van der Waals surface area contributed by atoms with Crippen molar-refractivity contribution in [3.05, 3.63) is 58.4 Å². The molecular formula is C17H17ClFNO3. The molecule has 2 aromatic rings. The average molecular weight is 338 g/mol. The summed E-state index contributed by atoms with van der Waals surface area (Å²) in [7, 11) is 2.94. The lowest BCUT2D eigenvalue weighted by atomic mass is 10.1. The number of amides is 1. The third kappa shape index (κ3) is 4.13. The Bertz CT molecular complexity index is 706. The van der Waals surface area contributed by atoms with Crippen molar-refractivity contribution in [3.8, 4) is 11.5 Å². The van der Waals surface area contributed by atoms with E-state index in [0.717, 1.165) is 0 Å². The van der Waals surface area contributed by atoms with Gasteiger partial charge in [-0.1, -0.05) is 29.8 Å². The van der Waals surface area contributed by atoms with E-state index in [1.807, 2.05) is 0 Å². The second-order valence-electron chi connectivity index (χ2n) is 4.79. The van der Waals surface area contributed by atoms with Crippen LogP contribution in [0.4, 0.5) is 4.39 Å². The van der Waals surface area contributed by atoms with E-state index in [1.54, 1.807) is 24.3 Å². The van der Waals surface area contributed by atoms with Gasteiger partial charge in [0.15, 0.2) is 11.5 Å². The molecule has 1 amide bonds. The maximum absolute atomic E-state index is 13.5. The second kappa shape index (κ2) is 7.83. The monoisotopic (exact) mass is 337 g/mol. The fourth-order valence-electron chi connectivity index (χ4n) is 2.16. The van der Waals surface area contributed by atoms with Crippen LogP contribution in [-0.4, -0.2) is 26.7 Å². The largest absolute Gasteiger partial charge is 0.493 e. The molecule has 0 aliphatic carbocycles. The van der Waals surface area contributed by atoms with Crippen LogP contribution in [0, 0.1) is 5.82 Å². The van der Waals surface area contributed by atoms with E-state index in [1.165, 1.54) is 26.4 Å². The number of rotatable bonds is 6. The standard InChI is InChI=1S/C17H17ClFNO3/c1-22-15-10-12(9-13(18)16(15)23-2)17(21)20-8-7-11-5-3-4-6-14(11)19/h3-6,9-10H,7-8H2,1-2H3,(H,20,21). The zero-order chi connectivity index (χ0) is 16.8. The van der Waals surface area contributed by atoms with Crippen LogP contribution in [0.5, 0.6) is 11.5 Å². The van der Waals surface area contributed by atoms with Gasteiger partial charge >= 0.3 is 0 Å². The summed E-state index contributed by atoms with van der Waals surface area (Å²) in [6.45, 7) is 0.311. The Morgan fingerprint density at radius 2 is 1.96 bits per heavy atom. The zero-order valence-corrected chi connectivity index (χ0v) is 13.6. The highest BCUT2D eigenvalue weighted by atomic mass is 35.5. The van der Waals surface area contributed by atoms with E-state index in [9.17, 15) is 9.18 Å². The molecule has 0 spiro atoms. The van der Waals surface area contributed by atoms with Gasteiger partial charge in [0.05, 0.1) is 19.2 Å². The summed E-state index contributed by atoms with van der Waals surface area (Å²) in [5, 5.41) is 3.01. The van der Waals surface area contributed by atoms with E-state index in [2.05, 4.69) is 5.32 Å². The van der Waals surface area contributed by atoms with Crippen LogP contribution in [-0.2, 0) is 6.42 Å². The molecule has 0 fully saturated rings. The summed E-state index contributed by atoms with van der Waals surface area (Å²) in [5.41, 5.74) is 0.902. The van der Waals surface area contributed by atoms with Crippen LogP contribution >= 0.6 is 11.6 Å². The molecule has 0 heterocycles. The topological polar surface area (TPSA) is 47.6 Å². The van der Waals surface area contributed by atoms with Crippen molar-refractivity contribution in [2.75, 3.05) is 20.8 Å². The maximum Gasteiger partial charge on any atom is 0.251 e. The van der Waals surface area contributed by atoms with Gasteiger partial charge in [0, 0.05) is 12.1 Å². The van der Waals surface area contributed by atoms with Crippen LogP contribution in [0.25, 0.3) is 0 Å². The van der Waals surface area contributed by atoms with Crippen molar-refractivity contribution in [1.82, 2.24) is 5.32 Å². The normalized spacial score (nSPS) is 10.3. The Hall–Kier alpha value is -2.27. The van der Waals surface area contributed by atoms with Crippen LogP contribution in [0.3, 0.4) is 0 Å². The molecule has 0 bridgehead atoms. The van der Waals surface area contributed by atoms with Crippen molar-refractivity contribution >= 4 is 17.5 Å². The molecule has 6 heteroatoms. The van der Waals surface area contributed by atoms with Crippen molar-refractivity contribution in [2.45, 2.75) is 6.42 Å². The summed E-state index contributed by atoms with van der Waals surface area (Å²) >= 11 is 6.07. The smallest absolute Gasteiger partial charge is 0.251 e. The lowest BCUT2D eigenvalue weighted by molar-refractivity contribution is 0.0953. The van der Waals surface area contributed by atoms with Gasteiger partial charge in [-0.05, 0) is 30.2 Å². The molecule has 2 rings (SSSR count). The summed E-state index contributed by atoms with van der Waals surface area (Å²) in [6.07, 6.45) is 0.402. The van der Waals surface area contributed by atoms with E-state index >= 15 is 0 Å². The molecule has 23 heavy (non-hydrogen) atoms. The first-order chi connectivity index (χ1) is 11.1. The molecular weight excluding hydrogens is 321 g/mol. The Morgan fingerprint density at radius 1 is 1.22 bits per heavy atom. The number of hydrogen-bond acceptors (Lipinski definition) is 3. The number of nitrogens with one attached hydrogen (secondary N) is 1. The van der Waals surface area contributed by atoms with Gasteiger partial charge in [0.1, 0.15) is 5.82 Å². The first-order valence-electron chi connectivity index (χ1n) is 7.00. The third-order valence-corrected chi connectivity index (χ3v) is 3.61. The van der Waals surface area contributed by atoms with Crippen LogP contribution in [0.2, 0.25) is 5.02 Å². The molecule has 2 aromatic carbocycles. The lowest BCUT2D eigenvalue weighted by Crippen LogP contribution is -2.26. The first kappa shape index (κ1) is 17.1. The Labute approximate surface area is 139 Å². The Kier molecular flexibility index (Phi) is 5.82. The SMILES string of the molecule is COc1cc(C(=O)NCCc2ccccc2F)cc(Cl)c1OC. The van der Waals surface area contributed by atoms with Crippen molar-refractivity contribution in [1.29, 1.82) is 0 Å². The van der Waals surface area contributed by atoms with Gasteiger partial charge in [-0.25, -0.2) is 4.39 Å². The van der Waals surface area contributed by atoms with Crippen LogP contribution < -0.4 is 14.8 Å². The Balaban J connectivity index is 2.04. The van der Waals surface area contributed by atoms with Gasteiger partial charge in [-0.15, -0.1) is 0 Å². The number of carbonyl (C=O) groups is 1. The van der Waals surface area contributed by atoms with E-state index in [-0.39, 0.29) is 16.7 Å². The summed E-state index contributed by atoms with van der Waals surface area (Å²) in [4.78, 5) is 12.2. The second-order valence-corrected chi connectivity index (χ2v) is 5.20. The van der Waals surface area contributed by atoms with E-state index in [4.69, 9.17) is 21.1 Å². The number of halogens is 2. The van der Waals surface area contributed by atoms with Gasteiger partial charge < -0.3 is 14.8 Å². The predicted molar refractivity (Wildman–Crippen MR) is 87.0 cm³/mol. The zero-order valence-electron chi connectivity index (χ0n) is 12.9. The lowest BCUT2D eigenvalue weighted by Gasteiger charge is -2.12. The fourth-order valence-corrected chi connectivity index (χ4v) is 2.45. The van der Waals surface area contributed by atoms with Gasteiger partial charge in [-0.2, -0.15) is 0 Å². The quantitative estimate of drug-likeness (QED) is 0.878. The maximum atomic E-state index is 13.5. The number of methoxy groups -OCH3 is 2. The molecule has 0 aliphatic rings. The summed E-state index contributed by atoms with van der Waals surface area (Å²) < 4.78 is 23.8. The fraction of sp³-hybridized carbons (Fsp3) is 0.235. The number of ether oxygens (including phenoxy) is 2. The average Bonchev–Trinajstić information content (AvgIpc) is 2.55. The van der Waals surface area contributed by atoms with Gasteiger partial charge in [-0.3, -0.25) is 4.79 Å². The van der Waals surface area contributed by atoms with Gasteiger partial charge in [0.2, 0.25) is 0 Å². The molecule has 0 saturated carbocycles. The first-order valence-corrected chi connectivity index (χ1v) is 7.37. The number of carbonyl (C=O) groups excluding carboxylic acids is 1. The summed E-state index contributed by atoms with van der Waals surface area (Å²) in [5.74, 6) is 0.149. The highest BCUT2D eigenvalue weighted by molar-refractivity contribution is 6.32. The third-order valence-electron chi connectivity index (χ3n) is 3.33. The summed E-state index contributed by atoms with van der Waals surface area (Å²) in [6, 6.07) is 9.52. The van der Waals surface area contributed by atoms with E-state index in [0.29, 0.717) is 35.6 Å². The molecule has 0 aliphatic heterocycles. The molecule has 122 valence electrons. The highest BCUT2D eigenvalue weighted by Crippen LogP contribution is 2.35. The number of benzene rings is 2. The van der Waals surface area contributed by atoms with Crippen molar-refractivity contribution in [3.63, 3.8) is 0 Å². The minimum atomic E-state index is -0.316. The van der Waals surface area contributed by atoms with Crippen LogP contribution in [0.1, 0.15) is 15.9 Å². The molecule has 0 saturated heterocycles.